The number of hydrogen-bond donors (Lipinski definition) is 0. The Labute approximate surface area is 213 Å². The van der Waals surface area contributed by atoms with Crippen LogP contribution >= 0.6 is 0 Å². The summed E-state index contributed by atoms with van der Waals surface area (Å²) in [7, 11) is 0. The third-order valence-electron chi connectivity index (χ3n) is 7.07. The van der Waals surface area contributed by atoms with Gasteiger partial charge in [0.15, 0.2) is 17.5 Å². The lowest BCUT2D eigenvalue weighted by molar-refractivity contribution is -0.151. The highest BCUT2D eigenvalue weighted by atomic mass is 19.3. The van der Waals surface area contributed by atoms with Crippen molar-refractivity contribution in [3.63, 3.8) is 0 Å². The van der Waals surface area contributed by atoms with Crippen molar-refractivity contribution in [2.75, 3.05) is 0 Å². The quantitative estimate of drug-likeness (QED) is 0.274. The third-order valence-corrected chi connectivity index (χ3v) is 7.07. The maximum absolute atomic E-state index is 15.2. The second kappa shape index (κ2) is 9.75. The topological polar surface area (TPSA) is 9.23 Å². The van der Waals surface area contributed by atoms with Crippen LogP contribution in [0.3, 0.4) is 0 Å². The van der Waals surface area contributed by atoms with Crippen LogP contribution in [0, 0.1) is 23.4 Å². The van der Waals surface area contributed by atoms with Crippen LogP contribution in [-0.4, -0.2) is 18.5 Å². The standard InChI is InChI=1S/C29H22F8O/c1-14-6-15-2-3-16(8-18(15)7-14)17-4-5-21(22(30)9-17)19-10-23(31)27(24(32)11-19)29(36,37)38-20-12-25(33)28(35)26(34)13-20/h2-5,8,10,12-14,22,24H,6-7,9,11H2,1H3. The predicted octanol–water partition coefficient (Wildman–Crippen LogP) is 8.45. The second-order valence-electron chi connectivity index (χ2n) is 9.91. The molecular weight excluding hydrogens is 516 g/mol. The lowest BCUT2D eigenvalue weighted by atomic mass is 9.83. The molecule has 3 aliphatic rings. The highest BCUT2D eigenvalue weighted by molar-refractivity contribution is 5.72. The van der Waals surface area contributed by atoms with Crippen molar-refractivity contribution < 1.29 is 39.9 Å². The normalized spacial score (nSPS) is 23.6. The van der Waals surface area contributed by atoms with E-state index in [-0.39, 0.29) is 29.7 Å². The van der Waals surface area contributed by atoms with Crippen molar-refractivity contribution in [3.05, 3.63) is 105 Å². The molecule has 0 spiro atoms. The number of fused-ring (bicyclic) bond motifs is 1. The Morgan fingerprint density at radius 3 is 2.11 bits per heavy atom. The van der Waals surface area contributed by atoms with Gasteiger partial charge in [-0.15, -0.1) is 0 Å². The van der Waals surface area contributed by atoms with E-state index < -0.39 is 59.5 Å². The molecule has 3 unspecified atom stereocenters. The smallest absolute Gasteiger partial charge is 0.428 e. The summed E-state index contributed by atoms with van der Waals surface area (Å²) < 4.78 is 118. The molecule has 0 aliphatic heterocycles. The fraction of sp³-hybridized carbons (Fsp3) is 0.310. The zero-order valence-electron chi connectivity index (χ0n) is 20.1. The predicted molar refractivity (Wildman–Crippen MR) is 126 cm³/mol. The average Bonchev–Trinajstić information content (AvgIpc) is 3.20. The first-order valence-corrected chi connectivity index (χ1v) is 12.1. The summed E-state index contributed by atoms with van der Waals surface area (Å²) >= 11 is 0. The molecule has 1 nitrogen and oxygen atoms in total. The number of alkyl halides is 4. The van der Waals surface area contributed by atoms with E-state index in [0.29, 0.717) is 17.6 Å². The van der Waals surface area contributed by atoms with E-state index in [1.54, 1.807) is 6.08 Å². The Morgan fingerprint density at radius 1 is 0.789 bits per heavy atom. The van der Waals surface area contributed by atoms with Crippen molar-refractivity contribution in [2.45, 2.75) is 51.1 Å². The summed E-state index contributed by atoms with van der Waals surface area (Å²) in [6.07, 6.45) is -4.09. The molecule has 0 saturated heterocycles. The minimum absolute atomic E-state index is 0.0210. The molecule has 0 radical (unpaired) electrons. The Bertz CT molecular complexity index is 1390. The molecule has 0 heterocycles. The van der Waals surface area contributed by atoms with Crippen molar-refractivity contribution in [1.29, 1.82) is 0 Å². The van der Waals surface area contributed by atoms with E-state index in [0.717, 1.165) is 18.4 Å². The Balaban J connectivity index is 1.40. The van der Waals surface area contributed by atoms with Gasteiger partial charge in [0, 0.05) is 25.0 Å². The highest BCUT2D eigenvalue weighted by Gasteiger charge is 2.47. The van der Waals surface area contributed by atoms with Crippen molar-refractivity contribution in [2.24, 2.45) is 5.92 Å². The first kappa shape index (κ1) is 26.3. The molecule has 0 aromatic heterocycles. The van der Waals surface area contributed by atoms with Crippen molar-refractivity contribution in [1.82, 2.24) is 0 Å². The molecule has 3 atom stereocenters. The van der Waals surface area contributed by atoms with Gasteiger partial charge < -0.3 is 4.74 Å². The van der Waals surface area contributed by atoms with Crippen LogP contribution < -0.4 is 4.74 Å². The number of halogens is 8. The van der Waals surface area contributed by atoms with E-state index >= 15 is 4.39 Å². The summed E-state index contributed by atoms with van der Waals surface area (Å²) in [5, 5.41) is 0. The number of allylic oxidation sites excluding steroid dienone is 7. The van der Waals surface area contributed by atoms with Gasteiger partial charge in [0.25, 0.3) is 0 Å². The zero-order chi connectivity index (χ0) is 27.4. The summed E-state index contributed by atoms with van der Waals surface area (Å²) in [4.78, 5) is 0. The average molecular weight is 538 g/mol. The summed E-state index contributed by atoms with van der Waals surface area (Å²) in [6, 6.07) is 6.24. The van der Waals surface area contributed by atoms with E-state index in [2.05, 4.69) is 11.7 Å². The molecule has 0 saturated carbocycles. The molecule has 0 N–H and O–H groups in total. The van der Waals surface area contributed by atoms with Gasteiger partial charge in [0.1, 0.15) is 29.5 Å². The SMILES string of the molecule is CC1Cc2ccc(C3=CC=C(C4=CC(F)=C(C(F)(F)Oc5cc(F)c(F)c(F)c5)C(F)C4)C(F)C3)cc2C1. The minimum atomic E-state index is -4.66. The number of rotatable bonds is 5. The Kier molecular flexibility index (Phi) is 6.73. The molecular formula is C29H22F8O. The number of benzene rings is 2. The van der Waals surface area contributed by atoms with E-state index in [1.165, 1.54) is 17.2 Å². The van der Waals surface area contributed by atoms with Gasteiger partial charge in [-0.3, -0.25) is 0 Å². The van der Waals surface area contributed by atoms with Gasteiger partial charge in [-0.05, 0) is 58.2 Å². The summed E-state index contributed by atoms with van der Waals surface area (Å²) in [5.41, 5.74) is 2.20. The molecule has 200 valence electrons. The summed E-state index contributed by atoms with van der Waals surface area (Å²) in [5.74, 6) is -7.85. The number of hydrogen-bond acceptors (Lipinski definition) is 1. The van der Waals surface area contributed by atoms with Gasteiger partial charge in [-0.25, -0.2) is 26.3 Å². The van der Waals surface area contributed by atoms with Crippen LogP contribution in [0.5, 0.6) is 5.75 Å². The van der Waals surface area contributed by atoms with Crippen LogP contribution in [0.4, 0.5) is 35.1 Å². The number of ether oxygens (including phenoxy) is 1. The van der Waals surface area contributed by atoms with Crippen LogP contribution in [0.2, 0.25) is 0 Å². The largest absolute Gasteiger partial charge is 0.429 e. The van der Waals surface area contributed by atoms with Crippen molar-refractivity contribution in [3.8, 4) is 5.75 Å². The van der Waals surface area contributed by atoms with Crippen LogP contribution in [-0.2, 0) is 12.8 Å². The van der Waals surface area contributed by atoms with Crippen LogP contribution in [0.15, 0.2) is 71.1 Å². The molecule has 3 aliphatic carbocycles. The highest BCUT2D eigenvalue weighted by Crippen LogP contribution is 2.43. The van der Waals surface area contributed by atoms with E-state index in [9.17, 15) is 30.7 Å². The van der Waals surface area contributed by atoms with Crippen LogP contribution in [0.1, 0.15) is 36.5 Å². The fourth-order valence-electron chi connectivity index (χ4n) is 5.28. The lowest BCUT2D eigenvalue weighted by Gasteiger charge is -2.29. The van der Waals surface area contributed by atoms with Gasteiger partial charge in [-0.1, -0.05) is 37.3 Å². The monoisotopic (exact) mass is 538 g/mol. The van der Waals surface area contributed by atoms with E-state index in [4.69, 9.17) is 0 Å². The molecule has 2 aromatic carbocycles. The molecule has 9 heteroatoms. The minimum Gasteiger partial charge on any atom is -0.429 e. The first-order chi connectivity index (χ1) is 17.9. The molecule has 0 amide bonds. The fourth-order valence-corrected chi connectivity index (χ4v) is 5.28. The molecule has 0 fully saturated rings. The molecule has 38 heavy (non-hydrogen) atoms. The van der Waals surface area contributed by atoms with Gasteiger partial charge in [0.2, 0.25) is 0 Å². The Hall–Kier alpha value is -3.36. The lowest BCUT2D eigenvalue weighted by Crippen LogP contribution is -2.35. The molecule has 0 bridgehead atoms. The second-order valence-corrected chi connectivity index (χ2v) is 9.91. The van der Waals surface area contributed by atoms with Crippen molar-refractivity contribution >= 4 is 5.57 Å². The molecule has 5 rings (SSSR count). The third kappa shape index (κ3) is 4.90. The first-order valence-electron chi connectivity index (χ1n) is 12.1. The van der Waals surface area contributed by atoms with Gasteiger partial charge >= 0.3 is 6.11 Å². The maximum Gasteiger partial charge on any atom is 0.428 e. The summed E-state index contributed by atoms with van der Waals surface area (Å²) in [6.45, 7) is 2.16. The zero-order valence-corrected chi connectivity index (χ0v) is 20.1. The maximum atomic E-state index is 15.2. The van der Waals surface area contributed by atoms with E-state index in [1.807, 2.05) is 18.2 Å². The van der Waals surface area contributed by atoms with Crippen LogP contribution in [0.25, 0.3) is 5.57 Å². The Morgan fingerprint density at radius 2 is 1.45 bits per heavy atom. The van der Waals surface area contributed by atoms with Gasteiger partial charge in [0.05, 0.1) is 0 Å². The molecule has 2 aromatic rings. The van der Waals surface area contributed by atoms with Gasteiger partial charge in [-0.2, -0.15) is 8.78 Å².